The number of carbonyl (C=O) groups excluding carboxylic acids is 2. The predicted molar refractivity (Wildman–Crippen MR) is 81.9 cm³/mol. The normalized spacial score (nSPS) is 10.0. The molecule has 5 heteroatoms. The van der Waals surface area contributed by atoms with Gasteiger partial charge in [-0.25, -0.2) is 4.79 Å². The third-order valence-electron chi connectivity index (χ3n) is 3.18. The van der Waals surface area contributed by atoms with E-state index in [-0.39, 0.29) is 11.7 Å². The molecule has 0 spiro atoms. The van der Waals surface area contributed by atoms with Gasteiger partial charge in [-0.2, -0.15) is 0 Å². The molecule has 0 aliphatic rings. The van der Waals surface area contributed by atoms with Gasteiger partial charge in [-0.1, -0.05) is 18.2 Å². The van der Waals surface area contributed by atoms with Crippen molar-refractivity contribution < 1.29 is 19.4 Å². The van der Waals surface area contributed by atoms with Gasteiger partial charge in [0.15, 0.2) is 0 Å². The van der Waals surface area contributed by atoms with Gasteiger partial charge >= 0.3 is 5.97 Å². The highest BCUT2D eigenvalue weighted by Crippen LogP contribution is 2.10. The van der Waals surface area contributed by atoms with Gasteiger partial charge < -0.3 is 15.2 Å². The predicted octanol–water partition coefficient (Wildman–Crippen LogP) is 2.15. The molecule has 0 radical (unpaired) electrons. The van der Waals surface area contributed by atoms with Crippen LogP contribution in [0.5, 0.6) is 5.75 Å². The third kappa shape index (κ3) is 4.09. The maximum Gasteiger partial charge on any atom is 0.337 e. The zero-order valence-corrected chi connectivity index (χ0v) is 12.2. The number of esters is 1. The fourth-order valence-electron chi connectivity index (χ4n) is 1.99. The number of hydrogen-bond donors (Lipinski definition) is 2. The van der Waals surface area contributed by atoms with E-state index in [2.05, 4.69) is 10.1 Å². The first-order chi connectivity index (χ1) is 10.6. The van der Waals surface area contributed by atoms with Crippen LogP contribution in [0, 0.1) is 0 Å². The standard InChI is InChI=1S/C17H17NO4/c1-22-17(21)14-4-2-3-13(11-14)16(20)18-10-9-12-5-7-15(19)8-6-12/h2-8,11,19H,9-10H2,1H3,(H,18,20). The van der Waals surface area contributed by atoms with Gasteiger partial charge in [0.1, 0.15) is 5.75 Å². The van der Waals surface area contributed by atoms with Crippen molar-refractivity contribution in [3.8, 4) is 5.75 Å². The summed E-state index contributed by atoms with van der Waals surface area (Å²) in [6, 6.07) is 13.2. The van der Waals surface area contributed by atoms with Crippen LogP contribution in [0.4, 0.5) is 0 Å². The molecular weight excluding hydrogens is 282 g/mol. The summed E-state index contributed by atoms with van der Waals surface area (Å²) in [5, 5.41) is 12.0. The van der Waals surface area contributed by atoms with E-state index in [9.17, 15) is 14.7 Å². The number of amides is 1. The van der Waals surface area contributed by atoms with Crippen molar-refractivity contribution in [2.45, 2.75) is 6.42 Å². The molecule has 0 saturated carbocycles. The molecule has 0 bridgehead atoms. The van der Waals surface area contributed by atoms with Crippen molar-refractivity contribution in [3.05, 3.63) is 65.2 Å². The largest absolute Gasteiger partial charge is 0.508 e. The van der Waals surface area contributed by atoms with Gasteiger partial charge in [-0.3, -0.25) is 4.79 Å². The lowest BCUT2D eigenvalue weighted by molar-refractivity contribution is 0.0600. The first kappa shape index (κ1) is 15.6. The Labute approximate surface area is 128 Å². The monoisotopic (exact) mass is 299 g/mol. The number of benzene rings is 2. The molecular formula is C17H17NO4. The summed E-state index contributed by atoms with van der Waals surface area (Å²) >= 11 is 0. The van der Waals surface area contributed by atoms with E-state index >= 15 is 0 Å². The van der Waals surface area contributed by atoms with Crippen LogP contribution in [0.3, 0.4) is 0 Å². The summed E-state index contributed by atoms with van der Waals surface area (Å²) in [4.78, 5) is 23.5. The Kier molecular flexibility index (Phi) is 5.14. The van der Waals surface area contributed by atoms with E-state index < -0.39 is 5.97 Å². The van der Waals surface area contributed by atoms with Crippen molar-refractivity contribution in [1.29, 1.82) is 0 Å². The minimum Gasteiger partial charge on any atom is -0.508 e. The van der Waals surface area contributed by atoms with Gasteiger partial charge in [-0.15, -0.1) is 0 Å². The molecule has 2 aromatic rings. The van der Waals surface area contributed by atoms with Crippen molar-refractivity contribution in [3.63, 3.8) is 0 Å². The van der Waals surface area contributed by atoms with Gasteiger partial charge in [0.25, 0.3) is 5.91 Å². The molecule has 0 atom stereocenters. The fourth-order valence-corrected chi connectivity index (χ4v) is 1.99. The second kappa shape index (κ2) is 7.26. The molecule has 0 aliphatic heterocycles. The van der Waals surface area contributed by atoms with Crippen LogP contribution in [0.25, 0.3) is 0 Å². The highest BCUT2D eigenvalue weighted by Gasteiger charge is 2.10. The fraction of sp³-hybridized carbons (Fsp3) is 0.176. The molecule has 22 heavy (non-hydrogen) atoms. The van der Waals surface area contributed by atoms with E-state index in [1.54, 1.807) is 42.5 Å². The Morgan fingerprint density at radius 2 is 1.77 bits per heavy atom. The zero-order valence-electron chi connectivity index (χ0n) is 12.2. The van der Waals surface area contributed by atoms with E-state index in [0.717, 1.165) is 5.56 Å². The molecule has 2 N–H and O–H groups in total. The number of phenolic OH excluding ortho intramolecular Hbond substituents is 1. The summed E-state index contributed by atoms with van der Waals surface area (Å²) in [5.74, 6) is -0.504. The van der Waals surface area contributed by atoms with E-state index in [4.69, 9.17) is 0 Å². The third-order valence-corrected chi connectivity index (χ3v) is 3.18. The van der Waals surface area contributed by atoms with E-state index in [1.165, 1.54) is 13.2 Å². The van der Waals surface area contributed by atoms with Crippen molar-refractivity contribution >= 4 is 11.9 Å². The summed E-state index contributed by atoms with van der Waals surface area (Å²) in [6.07, 6.45) is 0.655. The van der Waals surface area contributed by atoms with Crippen LogP contribution in [-0.2, 0) is 11.2 Å². The average molecular weight is 299 g/mol. The Hall–Kier alpha value is -2.82. The molecule has 0 heterocycles. The Morgan fingerprint density at radius 3 is 2.45 bits per heavy atom. The number of ether oxygens (including phenoxy) is 1. The lowest BCUT2D eigenvalue weighted by Gasteiger charge is -2.07. The number of aromatic hydroxyl groups is 1. The average Bonchev–Trinajstić information content (AvgIpc) is 2.56. The molecule has 0 unspecified atom stereocenters. The molecule has 1 amide bonds. The lowest BCUT2D eigenvalue weighted by atomic mass is 10.1. The molecule has 0 saturated heterocycles. The van der Waals surface area contributed by atoms with Crippen LogP contribution in [0.2, 0.25) is 0 Å². The van der Waals surface area contributed by atoms with E-state index in [0.29, 0.717) is 24.1 Å². The molecule has 0 fully saturated rings. The summed E-state index contributed by atoms with van der Waals surface area (Å²) in [6.45, 7) is 0.464. The molecule has 114 valence electrons. The second-order valence-corrected chi connectivity index (χ2v) is 4.74. The first-order valence-corrected chi connectivity index (χ1v) is 6.84. The summed E-state index contributed by atoms with van der Waals surface area (Å²) in [7, 11) is 1.30. The number of phenols is 1. The summed E-state index contributed by atoms with van der Waals surface area (Å²) < 4.78 is 4.63. The van der Waals surface area contributed by atoms with Crippen LogP contribution in [-0.4, -0.2) is 30.6 Å². The maximum absolute atomic E-state index is 12.0. The number of carbonyl (C=O) groups is 2. The minimum atomic E-state index is -0.473. The Bertz CT molecular complexity index is 665. The Morgan fingerprint density at radius 1 is 1.09 bits per heavy atom. The van der Waals surface area contributed by atoms with Crippen molar-refractivity contribution in [2.24, 2.45) is 0 Å². The van der Waals surface area contributed by atoms with Crippen LogP contribution in [0.15, 0.2) is 48.5 Å². The number of hydrogen-bond acceptors (Lipinski definition) is 4. The van der Waals surface area contributed by atoms with Crippen molar-refractivity contribution in [1.82, 2.24) is 5.32 Å². The smallest absolute Gasteiger partial charge is 0.337 e. The highest BCUT2D eigenvalue weighted by molar-refractivity contribution is 5.97. The van der Waals surface area contributed by atoms with Gasteiger partial charge in [0.2, 0.25) is 0 Å². The molecule has 0 aromatic heterocycles. The molecule has 2 rings (SSSR count). The summed E-state index contributed by atoms with van der Waals surface area (Å²) in [5.41, 5.74) is 1.77. The number of nitrogens with one attached hydrogen (secondary N) is 1. The van der Waals surface area contributed by atoms with Gasteiger partial charge in [-0.05, 0) is 42.3 Å². The SMILES string of the molecule is COC(=O)c1cccc(C(=O)NCCc2ccc(O)cc2)c1. The van der Waals surface area contributed by atoms with Crippen LogP contribution < -0.4 is 5.32 Å². The van der Waals surface area contributed by atoms with Crippen LogP contribution in [0.1, 0.15) is 26.3 Å². The zero-order chi connectivity index (χ0) is 15.9. The van der Waals surface area contributed by atoms with Gasteiger partial charge in [0.05, 0.1) is 12.7 Å². The molecule has 2 aromatic carbocycles. The van der Waals surface area contributed by atoms with Crippen LogP contribution >= 0.6 is 0 Å². The lowest BCUT2D eigenvalue weighted by Crippen LogP contribution is -2.25. The maximum atomic E-state index is 12.0. The quantitative estimate of drug-likeness (QED) is 0.830. The van der Waals surface area contributed by atoms with Gasteiger partial charge in [0, 0.05) is 12.1 Å². The first-order valence-electron chi connectivity index (χ1n) is 6.84. The topological polar surface area (TPSA) is 75.6 Å². The minimum absolute atomic E-state index is 0.215. The van der Waals surface area contributed by atoms with Crippen molar-refractivity contribution in [2.75, 3.05) is 13.7 Å². The Balaban J connectivity index is 1.92. The number of rotatable bonds is 5. The number of methoxy groups -OCH3 is 1. The highest BCUT2D eigenvalue weighted by atomic mass is 16.5. The van der Waals surface area contributed by atoms with E-state index in [1.807, 2.05) is 0 Å². The molecule has 0 aliphatic carbocycles. The molecule has 5 nitrogen and oxygen atoms in total. The second-order valence-electron chi connectivity index (χ2n) is 4.74.